The van der Waals surface area contributed by atoms with Gasteiger partial charge in [-0.2, -0.15) is 0 Å². The number of benzene rings is 2. The predicted octanol–water partition coefficient (Wildman–Crippen LogP) is 7.60. The number of amides is 1. The van der Waals surface area contributed by atoms with E-state index in [0.717, 1.165) is 28.9 Å². The van der Waals surface area contributed by atoms with E-state index in [1.54, 1.807) is 13.8 Å². The normalized spacial score (nSPS) is 15.7. The van der Waals surface area contributed by atoms with Crippen LogP contribution < -0.4 is 10.5 Å². The Kier molecular flexibility index (Phi) is 9.59. The highest BCUT2D eigenvalue weighted by atomic mass is 32.5. The molecule has 0 spiro atoms. The van der Waals surface area contributed by atoms with Crippen LogP contribution in [0, 0.1) is 12.3 Å². The molecule has 1 amide bonds. The fourth-order valence-electron chi connectivity index (χ4n) is 3.61. The summed E-state index contributed by atoms with van der Waals surface area (Å²) in [6.07, 6.45) is 2.50. The molecule has 0 heterocycles. The summed E-state index contributed by atoms with van der Waals surface area (Å²) in [7, 11) is -10.8. The zero-order chi connectivity index (χ0) is 28.0. The molecular formula is C23H33BF5N3O2S2. The largest absolute Gasteiger partial charge is 0.369 e. The number of nitrogens with two attached hydrogens (primary N) is 1. The lowest BCUT2D eigenvalue weighted by atomic mass is 9.74. The highest BCUT2D eigenvalue weighted by Crippen LogP contribution is 3.02. The van der Waals surface area contributed by atoms with E-state index in [1.807, 2.05) is 38.8 Å². The van der Waals surface area contributed by atoms with E-state index in [2.05, 4.69) is 4.72 Å². The Bertz CT molecular complexity index is 1110. The third-order valence-corrected chi connectivity index (χ3v) is 8.15. The van der Waals surface area contributed by atoms with Gasteiger partial charge in [-0.3, -0.25) is 9.00 Å². The molecule has 2 atom stereocenters. The molecule has 0 radical (unpaired) electrons. The van der Waals surface area contributed by atoms with Crippen LogP contribution in [0.2, 0.25) is 13.6 Å². The molecule has 2 aromatic rings. The van der Waals surface area contributed by atoms with Crippen LogP contribution in [0.5, 0.6) is 0 Å². The van der Waals surface area contributed by atoms with Gasteiger partial charge in [0.05, 0.1) is 21.9 Å². The van der Waals surface area contributed by atoms with Gasteiger partial charge in [-0.25, -0.2) is 0 Å². The molecule has 2 rings (SSSR count). The summed E-state index contributed by atoms with van der Waals surface area (Å²) in [5, 5.41) is 7.31. The van der Waals surface area contributed by atoms with Crippen LogP contribution in [0.3, 0.4) is 0 Å². The molecule has 0 aliphatic rings. The number of aryl methyl sites for hydroxylation is 1. The van der Waals surface area contributed by atoms with E-state index in [1.165, 1.54) is 6.21 Å². The molecule has 202 valence electrons. The van der Waals surface area contributed by atoms with Crippen molar-refractivity contribution in [2.75, 3.05) is 4.72 Å². The molecule has 0 saturated heterocycles. The molecule has 0 saturated carbocycles. The van der Waals surface area contributed by atoms with Gasteiger partial charge < -0.3 is 15.9 Å². The third kappa shape index (κ3) is 8.05. The van der Waals surface area contributed by atoms with Crippen LogP contribution in [0.4, 0.5) is 25.1 Å². The Hall–Kier alpha value is -2.41. The van der Waals surface area contributed by atoms with E-state index in [9.17, 15) is 28.4 Å². The van der Waals surface area contributed by atoms with Crippen molar-refractivity contribution in [2.24, 2.45) is 5.73 Å². The van der Waals surface area contributed by atoms with Crippen molar-refractivity contribution >= 4 is 44.9 Å². The molecule has 0 aromatic heterocycles. The number of rotatable bonds is 10. The second kappa shape index (κ2) is 10.9. The summed E-state index contributed by atoms with van der Waals surface area (Å²) < 4.78 is 77.9. The van der Waals surface area contributed by atoms with Crippen molar-refractivity contribution < 1.29 is 28.4 Å². The average molecular weight is 553 g/mol. The smallest absolute Gasteiger partial charge is 0.310 e. The lowest BCUT2D eigenvalue weighted by molar-refractivity contribution is -0.124. The summed E-state index contributed by atoms with van der Waals surface area (Å²) in [5.41, 5.74) is 7.04. The monoisotopic (exact) mass is 553 g/mol. The van der Waals surface area contributed by atoms with Crippen molar-refractivity contribution in [3.63, 3.8) is 0 Å². The summed E-state index contributed by atoms with van der Waals surface area (Å²) in [6, 6.07) is 8.13. The van der Waals surface area contributed by atoms with E-state index < -0.39 is 37.3 Å². The molecule has 0 fully saturated rings. The fraction of sp³-hybridized carbons (Fsp3) is 0.391. The van der Waals surface area contributed by atoms with Gasteiger partial charge in [0.25, 0.3) is 5.99 Å². The number of hydrogen-bond donors (Lipinski definition) is 3. The third-order valence-electron chi connectivity index (χ3n) is 5.71. The Balaban J connectivity index is 0.000000381. The van der Waals surface area contributed by atoms with E-state index in [0.29, 0.717) is 25.0 Å². The lowest BCUT2D eigenvalue weighted by Crippen LogP contribution is -2.40. The first kappa shape index (κ1) is 31.6. The SMILES string of the molecule is CB(C)S(=O)Nc1cccc(C)c1C=N.CCCC(CC)(C(N)=O)c1ccc(S(F)(F)(F)(F)F)cc1. The highest BCUT2D eigenvalue weighted by Gasteiger charge is 2.65. The predicted molar refractivity (Wildman–Crippen MR) is 142 cm³/mol. The van der Waals surface area contributed by atoms with E-state index in [4.69, 9.17) is 11.1 Å². The van der Waals surface area contributed by atoms with Crippen molar-refractivity contribution in [3.8, 4) is 0 Å². The molecule has 2 unspecified atom stereocenters. The maximum absolute atomic E-state index is 12.7. The van der Waals surface area contributed by atoms with Gasteiger partial charge in [0.15, 0.2) is 0 Å². The van der Waals surface area contributed by atoms with Crippen LogP contribution >= 0.6 is 10.2 Å². The average Bonchev–Trinajstić information content (AvgIpc) is 2.76. The number of primary amides is 1. The van der Waals surface area contributed by atoms with Crippen LogP contribution in [0.25, 0.3) is 0 Å². The standard InChI is InChI=1S/C13H18F5NOS.C10H15BN2OS/c1-3-9-13(4-2,12(19)20)10-5-7-11(8-6-10)21(14,15,16,17)18;1-8-5-4-6-10(9(8)7-12)13-15(14)11(2)3/h5-8H,3-4,9H2,1-2H3,(H2,19,20);4-7,12-13H,1-3H3. The number of nitrogens with one attached hydrogen (secondary N) is 2. The Morgan fingerprint density at radius 2 is 1.67 bits per heavy atom. The van der Waals surface area contributed by atoms with Gasteiger partial charge in [-0.1, -0.05) is 77.6 Å². The van der Waals surface area contributed by atoms with Crippen LogP contribution in [-0.4, -0.2) is 22.3 Å². The van der Waals surface area contributed by atoms with Crippen LogP contribution in [0.1, 0.15) is 49.8 Å². The van der Waals surface area contributed by atoms with Gasteiger partial charge in [0.1, 0.15) is 4.90 Å². The first-order valence-corrected chi connectivity index (χ1v) is 14.4. The minimum absolute atomic E-state index is 0.0593. The maximum Gasteiger partial charge on any atom is 0.310 e. The number of anilines is 1. The molecule has 4 N–H and O–H groups in total. The number of carbonyl (C=O) groups excluding carboxylic acids is 1. The Labute approximate surface area is 212 Å². The fourth-order valence-corrected chi connectivity index (χ4v) is 4.89. The molecule has 0 aliphatic heterocycles. The first-order chi connectivity index (χ1) is 16.3. The molecule has 2 aromatic carbocycles. The summed E-state index contributed by atoms with van der Waals surface area (Å²) in [6.45, 7) is 9.20. The Morgan fingerprint density at radius 3 is 2.06 bits per heavy atom. The highest BCUT2D eigenvalue weighted by molar-refractivity contribution is 8.45. The number of hydrogen-bond acceptors (Lipinski definition) is 3. The zero-order valence-corrected chi connectivity index (χ0v) is 22.6. The summed E-state index contributed by atoms with van der Waals surface area (Å²) in [5.74, 6) is -0.615. The van der Waals surface area contributed by atoms with Gasteiger partial charge in [0.2, 0.25) is 5.91 Å². The minimum atomic E-state index is -9.69. The Morgan fingerprint density at radius 1 is 1.11 bits per heavy atom. The van der Waals surface area contributed by atoms with Gasteiger partial charge in [-0.15, -0.1) is 0 Å². The van der Waals surface area contributed by atoms with Gasteiger partial charge in [-0.05, 0) is 49.1 Å². The van der Waals surface area contributed by atoms with E-state index in [-0.39, 0.29) is 18.0 Å². The summed E-state index contributed by atoms with van der Waals surface area (Å²) >= 11 is 0. The first-order valence-electron chi connectivity index (χ1n) is 11.2. The molecule has 13 heteroatoms. The van der Waals surface area contributed by atoms with Crippen molar-refractivity contribution in [2.45, 2.75) is 64.0 Å². The van der Waals surface area contributed by atoms with Crippen molar-refractivity contribution in [1.82, 2.24) is 0 Å². The van der Waals surface area contributed by atoms with E-state index >= 15 is 0 Å². The maximum atomic E-state index is 12.7. The van der Waals surface area contributed by atoms with Crippen LogP contribution in [0.15, 0.2) is 47.4 Å². The molecule has 36 heavy (non-hydrogen) atoms. The second-order valence-corrected chi connectivity index (χ2v) is 12.8. The van der Waals surface area contributed by atoms with Gasteiger partial charge >= 0.3 is 10.2 Å². The van der Waals surface area contributed by atoms with Gasteiger partial charge in [0, 0.05) is 11.8 Å². The molecule has 0 aliphatic carbocycles. The number of carbonyl (C=O) groups is 1. The molecule has 5 nitrogen and oxygen atoms in total. The molecule has 0 bridgehead atoms. The van der Waals surface area contributed by atoms with Crippen molar-refractivity contribution in [3.05, 3.63) is 59.2 Å². The zero-order valence-electron chi connectivity index (χ0n) is 20.9. The van der Waals surface area contributed by atoms with Crippen molar-refractivity contribution in [1.29, 1.82) is 5.41 Å². The topological polar surface area (TPSA) is 96.0 Å². The van der Waals surface area contributed by atoms with Crippen LogP contribution in [-0.2, 0) is 21.0 Å². The summed E-state index contributed by atoms with van der Waals surface area (Å²) in [4.78, 5) is 9.74. The number of halogens is 5. The lowest BCUT2D eigenvalue weighted by Gasteiger charge is -2.41. The quantitative estimate of drug-likeness (QED) is 0.161. The second-order valence-electron chi connectivity index (χ2n) is 8.67. The minimum Gasteiger partial charge on any atom is -0.369 e. The molecular weight excluding hydrogens is 520 g/mol.